The Morgan fingerprint density at radius 3 is 2.67 bits per heavy atom. The molecule has 0 aliphatic carbocycles. The zero-order valence-electron chi connectivity index (χ0n) is 19.3. The number of rotatable bonds is 7. The number of aromatic nitrogens is 1. The largest absolute Gasteiger partial charge is 0.493 e. The van der Waals surface area contributed by atoms with Gasteiger partial charge in [0.15, 0.2) is 11.5 Å². The second-order valence-electron chi connectivity index (χ2n) is 7.88. The van der Waals surface area contributed by atoms with Gasteiger partial charge in [-0.25, -0.2) is 9.78 Å². The van der Waals surface area contributed by atoms with Crippen molar-refractivity contribution in [1.82, 2.24) is 4.98 Å². The number of para-hydroxylation sites is 1. The molecule has 0 unspecified atom stereocenters. The van der Waals surface area contributed by atoms with E-state index in [1.165, 1.54) is 11.3 Å². The van der Waals surface area contributed by atoms with E-state index in [0.717, 1.165) is 16.5 Å². The van der Waals surface area contributed by atoms with E-state index < -0.39 is 5.63 Å². The molecule has 2 aromatic heterocycles. The quantitative estimate of drug-likeness (QED) is 0.189. The van der Waals surface area contributed by atoms with Crippen LogP contribution in [-0.2, 0) is 6.61 Å². The van der Waals surface area contributed by atoms with Gasteiger partial charge in [0.25, 0.3) is 0 Å². The highest BCUT2D eigenvalue weighted by atomic mass is 32.1. The first kappa shape index (κ1) is 23.1. The summed E-state index contributed by atoms with van der Waals surface area (Å²) in [7, 11) is 1.58. The van der Waals surface area contributed by atoms with Gasteiger partial charge in [-0.15, -0.1) is 11.3 Å². The van der Waals surface area contributed by atoms with E-state index in [1.807, 2.05) is 60.7 Å². The van der Waals surface area contributed by atoms with Gasteiger partial charge in [-0.3, -0.25) is 0 Å². The molecule has 5 aromatic rings. The molecule has 0 spiro atoms. The van der Waals surface area contributed by atoms with E-state index in [9.17, 15) is 10.1 Å². The second-order valence-corrected chi connectivity index (χ2v) is 8.74. The summed E-state index contributed by atoms with van der Waals surface area (Å²) in [6, 6.07) is 26.6. The monoisotopic (exact) mass is 492 g/mol. The van der Waals surface area contributed by atoms with Gasteiger partial charge in [0.1, 0.15) is 23.3 Å². The van der Waals surface area contributed by atoms with Crippen molar-refractivity contribution in [3.05, 3.63) is 111 Å². The molecule has 7 heteroatoms. The lowest BCUT2D eigenvalue weighted by Crippen LogP contribution is -2.02. The Morgan fingerprint density at radius 1 is 1.06 bits per heavy atom. The molecule has 6 nitrogen and oxygen atoms in total. The van der Waals surface area contributed by atoms with E-state index >= 15 is 0 Å². The van der Waals surface area contributed by atoms with E-state index in [1.54, 1.807) is 36.8 Å². The van der Waals surface area contributed by atoms with Crippen LogP contribution in [0.1, 0.15) is 16.1 Å². The fraction of sp³-hybridized carbons (Fsp3) is 0.0690. The number of fused-ring (bicyclic) bond motifs is 1. The van der Waals surface area contributed by atoms with E-state index in [2.05, 4.69) is 11.1 Å². The lowest BCUT2D eigenvalue weighted by atomic mass is 10.1. The minimum absolute atomic E-state index is 0.356. The summed E-state index contributed by atoms with van der Waals surface area (Å²) in [6.45, 7) is 0.389. The number of nitrogens with zero attached hydrogens (tertiary/aromatic N) is 2. The van der Waals surface area contributed by atoms with Crippen molar-refractivity contribution >= 4 is 34.0 Å². The highest BCUT2D eigenvalue weighted by molar-refractivity contribution is 7.11. The Hall–Kier alpha value is -4.67. The molecule has 0 aliphatic rings. The van der Waals surface area contributed by atoms with Crippen molar-refractivity contribution in [2.24, 2.45) is 0 Å². The molecule has 2 heterocycles. The fourth-order valence-electron chi connectivity index (χ4n) is 3.70. The molecule has 36 heavy (non-hydrogen) atoms. The fourth-order valence-corrected chi connectivity index (χ4v) is 4.49. The number of thiazole rings is 1. The van der Waals surface area contributed by atoms with Gasteiger partial charge in [-0.05, 0) is 41.5 Å². The van der Waals surface area contributed by atoms with Gasteiger partial charge in [0, 0.05) is 10.8 Å². The van der Waals surface area contributed by atoms with Gasteiger partial charge in [-0.2, -0.15) is 5.26 Å². The van der Waals surface area contributed by atoms with Crippen LogP contribution < -0.4 is 15.1 Å². The molecule has 176 valence electrons. The third-order valence-electron chi connectivity index (χ3n) is 5.51. The number of hydrogen-bond donors (Lipinski definition) is 0. The van der Waals surface area contributed by atoms with Crippen LogP contribution in [0, 0.1) is 11.3 Å². The molecule has 0 fully saturated rings. The minimum atomic E-state index is -0.469. The summed E-state index contributed by atoms with van der Waals surface area (Å²) in [4.78, 5) is 17.1. The molecule has 0 N–H and O–H groups in total. The number of ether oxygens (including phenoxy) is 2. The molecular formula is C29H20N2O4S. The van der Waals surface area contributed by atoms with Crippen molar-refractivity contribution < 1.29 is 13.9 Å². The molecule has 0 radical (unpaired) electrons. The zero-order valence-corrected chi connectivity index (χ0v) is 20.1. The number of methoxy groups -OCH3 is 1. The van der Waals surface area contributed by atoms with Crippen LogP contribution in [0.2, 0.25) is 0 Å². The summed E-state index contributed by atoms with van der Waals surface area (Å²) in [5.74, 6) is 1.17. The predicted octanol–water partition coefficient (Wildman–Crippen LogP) is 6.57. The maximum absolute atomic E-state index is 12.5. The molecule has 0 aliphatic heterocycles. The molecule has 0 saturated carbocycles. The Balaban J connectivity index is 1.44. The second kappa shape index (κ2) is 10.3. The van der Waals surface area contributed by atoms with E-state index in [4.69, 9.17) is 13.9 Å². The molecule has 0 atom stereocenters. The van der Waals surface area contributed by atoms with Crippen LogP contribution in [0.3, 0.4) is 0 Å². The SMILES string of the molecule is COc1ccc(/C=C(\C#N)c2nc(-c3cc4ccccc4oc3=O)cs2)cc1OCc1ccccc1. The van der Waals surface area contributed by atoms with Crippen LogP contribution >= 0.6 is 11.3 Å². The smallest absolute Gasteiger partial charge is 0.345 e. The summed E-state index contributed by atoms with van der Waals surface area (Å²) >= 11 is 1.29. The molecular weight excluding hydrogens is 472 g/mol. The van der Waals surface area contributed by atoms with Gasteiger partial charge in [0.2, 0.25) is 0 Å². The van der Waals surface area contributed by atoms with E-state index in [-0.39, 0.29) is 0 Å². The first-order chi connectivity index (χ1) is 17.6. The Kier molecular flexibility index (Phi) is 6.61. The third kappa shape index (κ3) is 4.90. The van der Waals surface area contributed by atoms with Crippen LogP contribution in [0.5, 0.6) is 11.5 Å². The maximum atomic E-state index is 12.5. The zero-order chi connectivity index (χ0) is 24.9. The number of nitriles is 1. The summed E-state index contributed by atoms with van der Waals surface area (Å²) in [5.41, 5.74) is 3.04. The maximum Gasteiger partial charge on any atom is 0.345 e. The number of hydrogen-bond acceptors (Lipinski definition) is 7. The lowest BCUT2D eigenvalue weighted by Gasteiger charge is -2.11. The molecule has 0 amide bonds. The van der Waals surface area contributed by atoms with Crippen LogP contribution in [0.4, 0.5) is 0 Å². The van der Waals surface area contributed by atoms with E-state index in [0.29, 0.717) is 45.5 Å². The van der Waals surface area contributed by atoms with Crippen LogP contribution in [-0.4, -0.2) is 12.1 Å². The van der Waals surface area contributed by atoms with Crippen molar-refractivity contribution in [1.29, 1.82) is 5.26 Å². The first-order valence-electron chi connectivity index (χ1n) is 11.1. The van der Waals surface area contributed by atoms with Gasteiger partial charge in [0.05, 0.1) is 23.9 Å². The average Bonchev–Trinajstić information content (AvgIpc) is 3.40. The van der Waals surface area contributed by atoms with Crippen molar-refractivity contribution in [2.75, 3.05) is 7.11 Å². The summed E-state index contributed by atoms with van der Waals surface area (Å²) in [5, 5.41) is 12.9. The standard InChI is InChI=1S/C29H20N2O4S/c1-33-26-12-11-20(14-27(26)34-17-19-7-3-2-4-8-19)13-22(16-30)28-31-24(18-36-28)23-15-21-9-5-6-10-25(21)35-29(23)32/h2-15,18H,17H2,1H3/b22-13+. The highest BCUT2D eigenvalue weighted by Crippen LogP contribution is 2.32. The normalized spacial score (nSPS) is 11.3. The van der Waals surface area contributed by atoms with Crippen molar-refractivity contribution in [3.63, 3.8) is 0 Å². The minimum Gasteiger partial charge on any atom is -0.493 e. The third-order valence-corrected chi connectivity index (χ3v) is 6.38. The number of benzene rings is 3. The topological polar surface area (TPSA) is 85.4 Å². The van der Waals surface area contributed by atoms with Crippen LogP contribution in [0.15, 0.2) is 93.5 Å². The molecule has 3 aromatic carbocycles. The van der Waals surface area contributed by atoms with Crippen molar-refractivity contribution in [2.45, 2.75) is 6.61 Å². The molecule has 0 saturated heterocycles. The molecule has 5 rings (SSSR count). The predicted molar refractivity (Wildman–Crippen MR) is 141 cm³/mol. The van der Waals surface area contributed by atoms with Crippen molar-refractivity contribution in [3.8, 4) is 28.8 Å². The lowest BCUT2D eigenvalue weighted by molar-refractivity contribution is 0.284. The number of allylic oxidation sites excluding steroid dienone is 1. The molecule has 0 bridgehead atoms. The van der Waals surface area contributed by atoms with Crippen LogP contribution in [0.25, 0.3) is 33.9 Å². The highest BCUT2D eigenvalue weighted by Gasteiger charge is 2.14. The summed E-state index contributed by atoms with van der Waals surface area (Å²) in [6.07, 6.45) is 1.74. The Labute approximate surface area is 211 Å². The van der Waals surface area contributed by atoms with Gasteiger partial charge in [-0.1, -0.05) is 54.6 Å². The van der Waals surface area contributed by atoms with Gasteiger partial charge < -0.3 is 13.9 Å². The first-order valence-corrected chi connectivity index (χ1v) is 12.0. The average molecular weight is 493 g/mol. The van der Waals surface area contributed by atoms with Gasteiger partial charge >= 0.3 is 5.63 Å². The Bertz CT molecular complexity index is 1660. The summed E-state index contributed by atoms with van der Waals surface area (Å²) < 4.78 is 16.9. The Morgan fingerprint density at radius 2 is 1.86 bits per heavy atom.